The molecule has 2 aromatic rings. The lowest BCUT2D eigenvalue weighted by Crippen LogP contribution is -2.20. The predicted molar refractivity (Wildman–Crippen MR) is 57.5 cm³/mol. The second kappa shape index (κ2) is 2.95. The summed E-state index contributed by atoms with van der Waals surface area (Å²) in [4.78, 5) is 8.25. The third-order valence-electron chi connectivity index (χ3n) is 2.14. The zero-order valence-electron chi connectivity index (χ0n) is 8.45. The molecule has 0 amide bonds. The van der Waals surface area contributed by atoms with Crippen LogP contribution in [0.25, 0.3) is 11.0 Å². The van der Waals surface area contributed by atoms with Gasteiger partial charge < -0.3 is 4.57 Å². The van der Waals surface area contributed by atoms with Crippen LogP contribution in [0.5, 0.6) is 0 Å². The molecule has 0 radical (unpaired) electrons. The van der Waals surface area contributed by atoms with E-state index < -0.39 is 0 Å². The first-order valence-corrected chi connectivity index (χ1v) is 4.86. The Labute approximate surface area is 87.7 Å². The number of hydrogen-bond donors (Lipinski definition) is 0. The first-order valence-electron chi connectivity index (χ1n) is 4.48. The summed E-state index contributed by atoms with van der Waals surface area (Å²) in [7, 11) is 0. The van der Waals surface area contributed by atoms with Gasteiger partial charge >= 0.3 is 0 Å². The fraction of sp³-hybridized carbons (Fsp3) is 0.400. The van der Waals surface area contributed by atoms with E-state index >= 15 is 0 Å². The number of fused-ring (bicyclic) bond motifs is 1. The molecule has 2 rings (SSSR count). The molecule has 74 valence electrons. The van der Waals surface area contributed by atoms with Crippen molar-refractivity contribution >= 4 is 22.6 Å². The monoisotopic (exact) mass is 209 g/mol. The number of nitrogens with zero attached hydrogens (tertiary/aromatic N) is 3. The average Bonchev–Trinajstić information content (AvgIpc) is 2.47. The molecule has 0 N–H and O–H groups in total. The van der Waals surface area contributed by atoms with E-state index in [2.05, 4.69) is 35.3 Å². The Morgan fingerprint density at radius 2 is 2.00 bits per heavy atom. The van der Waals surface area contributed by atoms with Crippen LogP contribution in [0.1, 0.15) is 20.8 Å². The SMILES string of the molecule is CC(C)(C)n1cnc2c(Cl)nccc21. The number of halogens is 1. The van der Waals surface area contributed by atoms with Crippen molar-refractivity contribution in [1.29, 1.82) is 0 Å². The maximum absolute atomic E-state index is 5.93. The van der Waals surface area contributed by atoms with Crippen molar-refractivity contribution in [3.8, 4) is 0 Å². The second-order valence-corrected chi connectivity index (χ2v) is 4.61. The average molecular weight is 210 g/mol. The quantitative estimate of drug-likeness (QED) is 0.625. The van der Waals surface area contributed by atoms with E-state index in [9.17, 15) is 0 Å². The summed E-state index contributed by atoms with van der Waals surface area (Å²) in [6.07, 6.45) is 3.51. The molecule has 0 bridgehead atoms. The minimum atomic E-state index is 0.0133. The summed E-state index contributed by atoms with van der Waals surface area (Å²) in [5.74, 6) is 0. The molecule has 0 saturated heterocycles. The van der Waals surface area contributed by atoms with Gasteiger partial charge in [0.15, 0.2) is 5.15 Å². The third-order valence-corrected chi connectivity index (χ3v) is 2.42. The summed E-state index contributed by atoms with van der Waals surface area (Å²) >= 11 is 5.93. The Hall–Kier alpha value is -1.09. The van der Waals surface area contributed by atoms with E-state index in [1.54, 1.807) is 12.5 Å². The highest BCUT2D eigenvalue weighted by Crippen LogP contribution is 2.24. The van der Waals surface area contributed by atoms with Gasteiger partial charge in [-0.05, 0) is 26.8 Å². The van der Waals surface area contributed by atoms with E-state index in [0.717, 1.165) is 11.0 Å². The molecule has 0 aromatic carbocycles. The Morgan fingerprint density at radius 1 is 1.29 bits per heavy atom. The van der Waals surface area contributed by atoms with Crippen molar-refractivity contribution in [1.82, 2.24) is 14.5 Å². The zero-order chi connectivity index (χ0) is 10.3. The fourth-order valence-corrected chi connectivity index (χ4v) is 1.65. The Morgan fingerprint density at radius 3 is 2.64 bits per heavy atom. The minimum absolute atomic E-state index is 0.0133. The Kier molecular flexibility index (Phi) is 2.00. The maximum Gasteiger partial charge on any atom is 0.156 e. The van der Waals surface area contributed by atoms with Gasteiger partial charge in [0.2, 0.25) is 0 Å². The molecule has 0 atom stereocenters. The van der Waals surface area contributed by atoms with Crippen LogP contribution in [-0.4, -0.2) is 14.5 Å². The van der Waals surface area contributed by atoms with Crippen LogP contribution in [0.4, 0.5) is 0 Å². The van der Waals surface area contributed by atoms with Gasteiger partial charge in [-0.1, -0.05) is 11.6 Å². The number of aromatic nitrogens is 3. The lowest BCUT2D eigenvalue weighted by molar-refractivity contribution is 0.408. The predicted octanol–water partition coefficient (Wildman–Crippen LogP) is 2.84. The van der Waals surface area contributed by atoms with Gasteiger partial charge in [0.05, 0.1) is 11.8 Å². The number of rotatable bonds is 0. The molecule has 4 heteroatoms. The standard InChI is InChI=1S/C10H12ClN3/c1-10(2,3)14-6-13-8-7(14)4-5-12-9(8)11/h4-6H,1-3H3. The third kappa shape index (κ3) is 1.38. The number of pyridine rings is 1. The van der Waals surface area contributed by atoms with E-state index in [1.165, 1.54) is 0 Å². The van der Waals surface area contributed by atoms with E-state index in [0.29, 0.717) is 5.15 Å². The Balaban J connectivity index is 2.76. The lowest BCUT2D eigenvalue weighted by atomic mass is 10.1. The molecule has 2 heterocycles. The number of imidazole rings is 1. The molecule has 0 aliphatic rings. The molecule has 2 aromatic heterocycles. The highest BCUT2D eigenvalue weighted by atomic mass is 35.5. The minimum Gasteiger partial charge on any atom is -0.325 e. The molecule has 14 heavy (non-hydrogen) atoms. The van der Waals surface area contributed by atoms with Crippen LogP contribution in [-0.2, 0) is 5.54 Å². The smallest absolute Gasteiger partial charge is 0.156 e. The molecule has 3 nitrogen and oxygen atoms in total. The van der Waals surface area contributed by atoms with Gasteiger partial charge in [0.25, 0.3) is 0 Å². The molecular weight excluding hydrogens is 198 g/mol. The van der Waals surface area contributed by atoms with Crippen LogP contribution in [0, 0.1) is 0 Å². The molecular formula is C10H12ClN3. The summed E-state index contributed by atoms with van der Waals surface area (Å²) in [6.45, 7) is 6.38. The first-order chi connectivity index (χ1) is 6.50. The van der Waals surface area contributed by atoms with Crippen molar-refractivity contribution in [2.45, 2.75) is 26.3 Å². The topological polar surface area (TPSA) is 30.7 Å². The largest absolute Gasteiger partial charge is 0.325 e. The molecule has 0 unspecified atom stereocenters. The molecule has 0 aliphatic heterocycles. The van der Waals surface area contributed by atoms with Crippen molar-refractivity contribution in [3.05, 3.63) is 23.7 Å². The normalized spacial score (nSPS) is 12.3. The summed E-state index contributed by atoms with van der Waals surface area (Å²) < 4.78 is 2.09. The van der Waals surface area contributed by atoms with Crippen LogP contribution >= 0.6 is 11.6 Å². The van der Waals surface area contributed by atoms with Gasteiger partial charge in [-0.15, -0.1) is 0 Å². The van der Waals surface area contributed by atoms with Crippen molar-refractivity contribution in [3.63, 3.8) is 0 Å². The van der Waals surface area contributed by atoms with Crippen molar-refractivity contribution in [2.24, 2.45) is 0 Å². The Bertz CT molecular complexity index is 468. The fourth-order valence-electron chi connectivity index (χ4n) is 1.45. The first kappa shape index (κ1) is 9.46. The van der Waals surface area contributed by atoms with E-state index in [4.69, 9.17) is 11.6 Å². The van der Waals surface area contributed by atoms with E-state index in [-0.39, 0.29) is 5.54 Å². The highest BCUT2D eigenvalue weighted by Gasteiger charge is 2.16. The summed E-state index contributed by atoms with van der Waals surface area (Å²) in [6, 6.07) is 1.93. The maximum atomic E-state index is 5.93. The molecule has 0 saturated carbocycles. The van der Waals surface area contributed by atoms with Crippen LogP contribution in [0.15, 0.2) is 18.6 Å². The summed E-state index contributed by atoms with van der Waals surface area (Å²) in [5.41, 5.74) is 1.81. The second-order valence-electron chi connectivity index (χ2n) is 4.25. The lowest BCUT2D eigenvalue weighted by Gasteiger charge is -2.21. The highest BCUT2D eigenvalue weighted by molar-refractivity contribution is 6.33. The van der Waals surface area contributed by atoms with Crippen LogP contribution < -0.4 is 0 Å². The molecule has 0 fully saturated rings. The zero-order valence-corrected chi connectivity index (χ0v) is 9.21. The van der Waals surface area contributed by atoms with Crippen molar-refractivity contribution in [2.75, 3.05) is 0 Å². The van der Waals surface area contributed by atoms with Crippen LogP contribution in [0.2, 0.25) is 5.15 Å². The van der Waals surface area contributed by atoms with Gasteiger partial charge in [-0.2, -0.15) is 0 Å². The number of hydrogen-bond acceptors (Lipinski definition) is 2. The molecule has 0 aliphatic carbocycles. The van der Waals surface area contributed by atoms with Crippen LogP contribution in [0.3, 0.4) is 0 Å². The van der Waals surface area contributed by atoms with E-state index in [1.807, 2.05) is 6.07 Å². The van der Waals surface area contributed by atoms with Gasteiger partial charge in [-0.25, -0.2) is 9.97 Å². The van der Waals surface area contributed by atoms with Crippen molar-refractivity contribution < 1.29 is 0 Å². The summed E-state index contributed by atoms with van der Waals surface area (Å²) in [5, 5.41) is 0.463. The van der Waals surface area contributed by atoms with Gasteiger partial charge in [-0.3, -0.25) is 0 Å². The molecule has 0 spiro atoms. The van der Waals surface area contributed by atoms with Gasteiger partial charge in [0.1, 0.15) is 5.52 Å². The van der Waals surface area contributed by atoms with Gasteiger partial charge in [0, 0.05) is 11.7 Å².